The SMILES string of the molecule is CCN1CCc2c(C#N)c(Cl)nc(Cl)c2C1. The molecule has 0 fully saturated rings. The summed E-state index contributed by atoms with van der Waals surface area (Å²) >= 11 is 12.0. The molecule has 1 aromatic rings. The first-order valence-corrected chi connectivity index (χ1v) is 5.92. The van der Waals surface area contributed by atoms with Crippen LogP contribution in [0.3, 0.4) is 0 Å². The van der Waals surface area contributed by atoms with Gasteiger partial charge in [0.15, 0.2) is 0 Å². The summed E-state index contributed by atoms with van der Waals surface area (Å²) in [4.78, 5) is 6.28. The molecule has 0 bridgehead atoms. The third-order valence-electron chi connectivity index (χ3n) is 2.94. The molecule has 0 saturated carbocycles. The van der Waals surface area contributed by atoms with Gasteiger partial charge in [0.1, 0.15) is 16.4 Å². The molecule has 1 aliphatic rings. The Kier molecular flexibility index (Phi) is 3.34. The maximum Gasteiger partial charge on any atom is 0.148 e. The van der Waals surface area contributed by atoms with Crippen LogP contribution in [0.5, 0.6) is 0 Å². The topological polar surface area (TPSA) is 39.9 Å². The van der Waals surface area contributed by atoms with E-state index in [4.69, 9.17) is 28.5 Å². The molecule has 0 saturated heterocycles. The fourth-order valence-electron chi connectivity index (χ4n) is 2.00. The van der Waals surface area contributed by atoms with Gasteiger partial charge < -0.3 is 0 Å². The van der Waals surface area contributed by atoms with Crippen molar-refractivity contribution in [3.8, 4) is 6.07 Å². The molecule has 0 aliphatic carbocycles. The van der Waals surface area contributed by atoms with Gasteiger partial charge in [0, 0.05) is 18.7 Å². The van der Waals surface area contributed by atoms with Crippen molar-refractivity contribution >= 4 is 23.2 Å². The van der Waals surface area contributed by atoms with Crippen LogP contribution >= 0.6 is 23.2 Å². The third kappa shape index (κ3) is 1.89. The fourth-order valence-corrected chi connectivity index (χ4v) is 2.54. The number of nitrogens with zero attached hydrogens (tertiary/aromatic N) is 3. The summed E-state index contributed by atoms with van der Waals surface area (Å²) in [7, 11) is 0. The van der Waals surface area contributed by atoms with Crippen LogP contribution in [0.4, 0.5) is 0 Å². The Morgan fingerprint density at radius 1 is 1.38 bits per heavy atom. The lowest BCUT2D eigenvalue weighted by atomic mass is 9.97. The average Bonchev–Trinajstić information content (AvgIpc) is 2.29. The van der Waals surface area contributed by atoms with Crippen LogP contribution in [0.1, 0.15) is 23.6 Å². The van der Waals surface area contributed by atoms with Crippen LogP contribution in [0.2, 0.25) is 10.3 Å². The molecule has 84 valence electrons. The molecule has 0 aromatic carbocycles. The second-order valence-corrected chi connectivity index (χ2v) is 4.47. The summed E-state index contributed by atoms with van der Waals surface area (Å²) in [6.07, 6.45) is 0.814. The second kappa shape index (κ2) is 4.58. The van der Waals surface area contributed by atoms with E-state index in [1.54, 1.807) is 0 Å². The highest BCUT2D eigenvalue weighted by molar-refractivity contribution is 6.33. The number of pyridine rings is 1. The summed E-state index contributed by atoms with van der Waals surface area (Å²) in [5.74, 6) is 0. The maximum atomic E-state index is 9.06. The van der Waals surface area contributed by atoms with Gasteiger partial charge in [-0.05, 0) is 18.5 Å². The smallest absolute Gasteiger partial charge is 0.148 e. The van der Waals surface area contributed by atoms with Gasteiger partial charge in [-0.15, -0.1) is 0 Å². The first kappa shape index (κ1) is 11.7. The summed E-state index contributed by atoms with van der Waals surface area (Å²) in [5, 5.41) is 9.70. The minimum atomic E-state index is 0.219. The molecule has 2 heterocycles. The molecule has 0 N–H and O–H groups in total. The van der Waals surface area contributed by atoms with Crippen molar-refractivity contribution in [2.75, 3.05) is 13.1 Å². The van der Waals surface area contributed by atoms with E-state index >= 15 is 0 Å². The summed E-state index contributed by atoms with van der Waals surface area (Å²) < 4.78 is 0. The van der Waals surface area contributed by atoms with Crippen molar-refractivity contribution in [2.45, 2.75) is 19.9 Å². The zero-order valence-electron chi connectivity index (χ0n) is 8.93. The Balaban J connectivity index is 2.54. The van der Waals surface area contributed by atoms with Crippen LogP contribution in [0.15, 0.2) is 0 Å². The van der Waals surface area contributed by atoms with Crippen LogP contribution in [-0.4, -0.2) is 23.0 Å². The lowest BCUT2D eigenvalue weighted by Crippen LogP contribution is -2.31. The van der Waals surface area contributed by atoms with E-state index < -0.39 is 0 Å². The molecular formula is C11H11Cl2N3. The molecular weight excluding hydrogens is 245 g/mol. The molecule has 0 amide bonds. The van der Waals surface area contributed by atoms with Gasteiger partial charge in [-0.3, -0.25) is 4.90 Å². The molecule has 5 heteroatoms. The normalized spacial score (nSPS) is 15.6. The van der Waals surface area contributed by atoms with Gasteiger partial charge in [0.25, 0.3) is 0 Å². The van der Waals surface area contributed by atoms with Crippen molar-refractivity contribution in [3.63, 3.8) is 0 Å². The first-order valence-electron chi connectivity index (χ1n) is 5.16. The minimum Gasteiger partial charge on any atom is -0.299 e. The quantitative estimate of drug-likeness (QED) is 0.725. The van der Waals surface area contributed by atoms with E-state index in [0.29, 0.717) is 10.7 Å². The number of aromatic nitrogens is 1. The monoisotopic (exact) mass is 255 g/mol. The van der Waals surface area contributed by atoms with Crippen LogP contribution in [-0.2, 0) is 13.0 Å². The Morgan fingerprint density at radius 3 is 2.75 bits per heavy atom. The van der Waals surface area contributed by atoms with Gasteiger partial charge in [-0.25, -0.2) is 4.98 Å². The number of fused-ring (bicyclic) bond motifs is 1. The van der Waals surface area contributed by atoms with Gasteiger partial charge in [-0.2, -0.15) is 5.26 Å². The van der Waals surface area contributed by atoms with Crippen LogP contribution in [0, 0.1) is 11.3 Å². The highest BCUT2D eigenvalue weighted by Gasteiger charge is 2.23. The highest BCUT2D eigenvalue weighted by atomic mass is 35.5. The number of rotatable bonds is 1. The molecule has 1 aromatic heterocycles. The zero-order chi connectivity index (χ0) is 11.7. The highest BCUT2D eigenvalue weighted by Crippen LogP contribution is 2.30. The molecule has 0 unspecified atom stereocenters. The molecule has 3 nitrogen and oxygen atoms in total. The fraction of sp³-hybridized carbons (Fsp3) is 0.455. The average molecular weight is 256 g/mol. The van der Waals surface area contributed by atoms with Crippen molar-refractivity contribution in [3.05, 3.63) is 27.0 Å². The largest absolute Gasteiger partial charge is 0.299 e. The summed E-state index contributed by atoms with van der Waals surface area (Å²) in [5.41, 5.74) is 2.41. The van der Waals surface area contributed by atoms with E-state index in [2.05, 4.69) is 22.9 Å². The van der Waals surface area contributed by atoms with E-state index in [1.165, 1.54) is 0 Å². The standard InChI is InChI=1S/C11H11Cl2N3/c1-2-16-4-3-7-8(5-14)10(12)15-11(13)9(7)6-16/h2-4,6H2,1H3. The zero-order valence-corrected chi connectivity index (χ0v) is 10.4. The number of nitriles is 1. The molecule has 16 heavy (non-hydrogen) atoms. The van der Waals surface area contributed by atoms with Crippen LogP contribution < -0.4 is 0 Å². The number of halogens is 2. The van der Waals surface area contributed by atoms with E-state index in [-0.39, 0.29) is 5.15 Å². The Morgan fingerprint density at radius 2 is 2.12 bits per heavy atom. The van der Waals surface area contributed by atoms with Crippen molar-refractivity contribution in [2.24, 2.45) is 0 Å². The van der Waals surface area contributed by atoms with E-state index in [1.807, 2.05) is 0 Å². The summed E-state index contributed by atoms with van der Waals surface area (Å²) in [6, 6.07) is 2.11. The van der Waals surface area contributed by atoms with Gasteiger partial charge in [0.2, 0.25) is 0 Å². The number of likely N-dealkylation sites (N-methyl/N-ethyl adjacent to an activating group) is 1. The van der Waals surface area contributed by atoms with Gasteiger partial charge in [-0.1, -0.05) is 30.1 Å². The molecule has 1 aliphatic heterocycles. The maximum absolute atomic E-state index is 9.06. The Hall–Kier alpha value is -0.820. The molecule has 0 radical (unpaired) electrons. The Labute approximate surface area is 105 Å². The molecule has 0 spiro atoms. The minimum absolute atomic E-state index is 0.219. The predicted octanol–water partition coefficient (Wildman–Crippen LogP) is 2.64. The third-order valence-corrected chi connectivity index (χ3v) is 3.52. The van der Waals surface area contributed by atoms with Crippen molar-refractivity contribution in [1.82, 2.24) is 9.88 Å². The van der Waals surface area contributed by atoms with Crippen molar-refractivity contribution < 1.29 is 0 Å². The second-order valence-electron chi connectivity index (χ2n) is 3.76. The number of hydrogen-bond donors (Lipinski definition) is 0. The van der Waals surface area contributed by atoms with E-state index in [0.717, 1.165) is 37.2 Å². The number of hydrogen-bond acceptors (Lipinski definition) is 3. The Bertz CT molecular complexity index is 465. The van der Waals surface area contributed by atoms with Gasteiger partial charge in [0.05, 0.1) is 5.56 Å². The lowest BCUT2D eigenvalue weighted by Gasteiger charge is -2.28. The lowest BCUT2D eigenvalue weighted by molar-refractivity contribution is 0.267. The van der Waals surface area contributed by atoms with Crippen molar-refractivity contribution in [1.29, 1.82) is 5.26 Å². The van der Waals surface area contributed by atoms with E-state index in [9.17, 15) is 0 Å². The summed E-state index contributed by atoms with van der Waals surface area (Å²) in [6.45, 7) is 4.77. The molecule has 0 atom stereocenters. The van der Waals surface area contributed by atoms with Crippen LogP contribution in [0.25, 0.3) is 0 Å². The molecule has 2 rings (SSSR count). The first-order chi connectivity index (χ1) is 7.67. The van der Waals surface area contributed by atoms with Gasteiger partial charge >= 0.3 is 0 Å². The predicted molar refractivity (Wildman–Crippen MR) is 63.6 cm³/mol.